The fourth-order valence-corrected chi connectivity index (χ4v) is 3.66. The van der Waals surface area contributed by atoms with Gasteiger partial charge in [-0.3, -0.25) is 4.79 Å². The van der Waals surface area contributed by atoms with Crippen LogP contribution in [0.4, 0.5) is 0 Å². The molecule has 0 aliphatic carbocycles. The van der Waals surface area contributed by atoms with E-state index < -0.39 is 0 Å². The number of ether oxygens (including phenoxy) is 3. The molecule has 0 radical (unpaired) electrons. The molecule has 6 heteroatoms. The Kier molecular flexibility index (Phi) is 6.97. The number of carbonyl (C=O) groups is 1. The summed E-state index contributed by atoms with van der Waals surface area (Å²) >= 11 is 5.92. The molecule has 0 saturated heterocycles. The Morgan fingerprint density at radius 3 is 2.75 bits per heavy atom. The van der Waals surface area contributed by atoms with Crippen molar-refractivity contribution in [3.63, 3.8) is 0 Å². The van der Waals surface area contributed by atoms with Crippen LogP contribution in [0.3, 0.4) is 0 Å². The maximum absolute atomic E-state index is 12.5. The Balaban J connectivity index is 1.38. The monoisotopic (exact) mass is 449 g/mol. The Hall–Kier alpha value is -3.44. The molecule has 0 bridgehead atoms. The first-order chi connectivity index (χ1) is 15.6. The Bertz CT molecular complexity index is 1110. The van der Waals surface area contributed by atoms with E-state index >= 15 is 0 Å². The lowest BCUT2D eigenvalue weighted by Gasteiger charge is -2.26. The van der Waals surface area contributed by atoms with Crippen LogP contribution in [-0.2, 0) is 11.4 Å². The number of carbonyl (C=O) groups excluding carboxylic acids is 1. The first-order valence-electron chi connectivity index (χ1n) is 10.4. The summed E-state index contributed by atoms with van der Waals surface area (Å²) in [6.45, 7) is 0.984. The van der Waals surface area contributed by atoms with E-state index in [0.29, 0.717) is 29.7 Å². The standard InChI is InChI=1S/C26H24ClNO4/c1-30-25-16-18(8-12-24(25)32-17-19-6-10-20(27)11-7-19)9-13-26(29)28-22-14-15-31-23-5-3-2-4-21(22)23/h2-13,16,22H,14-15,17H2,1H3,(H,28,29)/b13-9+. The molecule has 1 heterocycles. The molecular weight excluding hydrogens is 426 g/mol. The van der Waals surface area contributed by atoms with Crippen molar-refractivity contribution in [2.45, 2.75) is 19.1 Å². The van der Waals surface area contributed by atoms with Gasteiger partial charge in [0.1, 0.15) is 12.4 Å². The van der Waals surface area contributed by atoms with Crippen LogP contribution in [0.15, 0.2) is 72.8 Å². The lowest BCUT2D eigenvalue weighted by molar-refractivity contribution is -0.117. The van der Waals surface area contributed by atoms with Crippen LogP contribution in [0.1, 0.15) is 29.2 Å². The topological polar surface area (TPSA) is 56.8 Å². The van der Waals surface area contributed by atoms with E-state index in [1.54, 1.807) is 13.2 Å². The lowest BCUT2D eigenvalue weighted by Crippen LogP contribution is -2.30. The van der Waals surface area contributed by atoms with Crippen molar-refractivity contribution in [1.82, 2.24) is 5.32 Å². The molecule has 0 aromatic heterocycles. The predicted octanol–water partition coefficient (Wildman–Crippen LogP) is 5.58. The van der Waals surface area contributed by atoms with Gasteiger partial charge in [0.2, 0.25) is 5.91 Å². The van der Waals surface area contributed by atoms with E-state index in [2.05, 4.69) is 5.32 Å². The molecule has 0 spiro atoms. The molecule has 3 aromatic rings. The zero-order valence-corrected chi connectivity index (χ0v) is 18.5. The fraction of sp³-hybridized carbons (Fsp3) is 0.192. The number of fused-ring (bicyclic) bond motifs is 1. The van der Waals surface area contributed by atoms with Crippen molar-refractivity contribution in [1.29, 1.82) is 0 Å². The van der Waals surface area contributed by atoms with Crippen molar-refractivity contribution in [3.8, 4) is 17.2 Å². The highest BCUT2D eigenvalue weighted by molar-refractivity contribution is 6.30. The molecule has 1 aliphatic rings. The van der Waals surface area contributed by atoms with Crippen molar-refractivity contribution in [2.24, 2.45) is 0 Å². The molecule has 4 rings (SSSR count). The van der Waals surface area contributed by atoms with Crippen LogP contribution >= 0.6 is 11.6 Å². The normalized spacial score (nSPS) is 15.0. The smallest absolute Gasteiger partial charge is 0.244 e. The van der Waals surface area contributed by atoms with Crippen LogP contribution in [0.25, 0.3) is 6.08 Å². The summed E-state index contributed by atoms with van der Waals surface area (Å²) in [5.74, 6) is 1.89. The number of methoxy groups -OCH3 is 1. The summed E-state index contributed by atoms with van der Waals surface area (Å²) < 4.78 is 17.0. The SMILES string of the molecule is COc1cc(/C=C/C(=O)NC2CCOc3ccccc32)ccc1OCc1ccc(Cl)cc1. The van der Waals surface area contributed by atoms with Crippen LogP contribution in [0, 0.1) is 0 Å². The van der Waals surface area contributed by atoms with Crippen LogP contribution < -0.4 is 19.5 Å². The van der Waals surface area contributed by atoms with Crippen LogP contribution in [0.5, 0.6) is 17.2 Å². The average molecular weight is 450 g/mol. The molecule has 1 amide bonds. The molecule has 164 valence electrons. The van der Waals surface area contributed by atoms with Gasteiger partial charge in [-0.2, -0.15) is 0 Å². The first-order valence-corrected chi connectivity index (χ1v) is 10.8. The molecule has 1 unspecified atom stereocenters. The number of hydrogen-bond donors (Lipinski definition) is 1. The van der Waals surface area contributed by atoms with Gasteiger partial charge in [0.25, 0.3) is 0 Å². The summed E-state index contributed by atoms with van der Waals surface area (Å²) in [5, 5.41) is 3.74. The zero-order chi connectivity index (χ0) is 22.3. The molecule has 0 saturated carbocycles. The fourth-order valence-electron chi connectivity index (χ4n) is 3.53. The minimum absolute atomic E-state index is 0.0599. The molecular formula is C26H24ClNO4. The van der Waals surface area contributed by atoms with Gasteiger partial charge >= 0.3 is 0 Å². The molecule has 1 N–H and O–H groups in total. The van der Waals surface area contributed by atoms with Gasteiger partial charge in [-0.25, -0.2) is 0 Å². The summed E-state index contributed by atoms with van der Waals surface area (Å²) in [6.07, 6.45) is 4.03. The van der Waals surface area contributed by atoms with Crippen molar-refractivity contribution < 1.29 is 19.0 Å². The third kappa shape index (κ3) is 5.42. The van der Waals surface area contributed by atoms with Gasteiger partial charge in [-0.15, -0.1) is 0 Å². The number of hydrogen-bond acceptors (Lipinski definition) is 4. The van der Waals surface area contributed by atoms with Crippen LogP contribution in [0.2, 0.25) is 5.02 Å². The van der Waals surface area contributed by atoms with Gasteiger partial charge in [-0.1, -0.05) is 48.0 Å². The third-order valence-electron chi connectivity index (χ3n) is 5.20. The first kappa shape index (κ1) is 21.8. The van der Waals surface area contributed by atoms with Gasteiger partial charge < -0.3 is 19.5 Å². The van der Waals surface area contributed by atoms with Gasteiger partial charge in [-0.05, 0) is 47.5 Å². The van der Waals surface area contributed by atoms with Crippen molar-refractivity contribution in [2.75, 3.05) is 13.7 Å². The lowest BCUT2D eigenvalue weighted by atomic mass is 10.0. The summed E-state index contributed by atoms with van der Waals surface area (Å²) in [6, 6.07) is 20.8. The minimum atomic E-state index is -0.159. The maximum Gasteiger partial charge on any atom is 0.244 e. The van der Waals surface area contributed by atoms with E-state index in [-0.39, 0.29) is 11.9 Å². The van der Waals surface area contributed by atoms with Crippen LogP contribution in [-0.4, -0.2) is 19.6 Å². The van der Waals surface area contributed by atoms with E-state index in [4.69, 9.17) is 25.8 Å². The quantitative estimate of drug-likeness (QED) is 0.478. The zero-order valence-electron chi connectivity index (χ0n) is 17.7. The highest BCUT2D eigenvalue weighted by Gasteiger charge is 2.21. The Morgan fingerprint density at radius 2 is 1.94 bits per heavy atom. The second kappa shape index (κ2) is 10.2. The molecule has 32 heavy (non-hydrogen) atoms. The van der Waals surface area contributed by atoms with E-state index in [0.717, 1.165) is 28.9 Å². The molecule has 1 aliphatic heterocycles. The largest absolute Gasteiger partial charge is 0.493 e. The van der Waals surface area contributed by atoms with Crippen molar-refractivity contribution >= 4 is 23.6 Å². The predicted molar refractivity (Wildman–Crippen MR) is 125 cm³/mol. The van der Waals surface area contributed by atoms with Gasteiger partial charge in [0.15, 0.2) is 11.5 Å². The number of halogens is 1. The van der Waals surface area contributed by atoms with E-state index in [1.165, 1.54) is 6.08 Å². The average Bonchev–Trinajstić information content (AvgIpc) is 2.83. The summed E-state index contributed by atoms with van der Waals surface area (Å²) in [5.41, 5.74) is 2.85. The molecule has 5 nitrogen and oxygen atoms in total. The number of para-hydroxylation sites is 1. The summed E-state index contributed by atoms with van der Waals surface area (Å²) in [7, 11) is 1.59. The second-order valence-electron chi connectivity index (χ2n) is 7.39. The summed E-state index contributed by atoms with van der Waals surface area (Å²) in [4.78, 5) is 12.5. The third-order valence-corrected chi connectivity index (χ3v) is 5.45. The highest BCUT2D eigenvalue weighted by atomic mass is 35.5. The van der Waals surface area contributed by atoms with E-state index in [9.17, 15) is 4.79 Å². The second-order valence-corrected chi connectivity index (χ2v) is 7.83. The maximum atomic E-state index is 12.5. The van der Waals surface area contributed by atoms with Crippen molar-refractivity contribution in [3.05, 3.63) is 94.5 Å². The highest BCUT2D eigenvalue weighted by Crippen LogP contribution is 2.32. The van der Waals surface area contributed by atoms with E-state index in [1.807, 2.05) is 66.7 Å². The number of rotatable bonds is 7. The molecule has 1 atom stereocenters. The minimum Gasteiger partial charge on any atom is -0.493 e. The number of amides is 1. The Morgan fingerprint density at radius 1 is 1.12 bits per heavy atom. The molecule has 3 aromatic carbocycles. The number of nitrogens with one attached hydrogen (secondary N) is 1. The Labute approximate surface area is 192 Å². The molecule has 0 fully saturated rings. The van der Waals surface area contributed by atoms with Gasteiger partial charge in [0, 0.05) is 23.1 Å². The number of benzene rings is 3. The van der Waals surface area contributed by atoms with Gasteiger partial charge in [0.05, 0.1) is 19.8 Å².